The van der Waals surface area contributed by atoms with E-state index in [1.807, 2.05) is 18.5 Å². The third-order valence-corrected chi connectivity index (χ3v) is 4.81. The lowest BCUT2D eigenvalue weighted by atomic mass is 9.90. The van der Waals surface area contributed by atoms with Crippen LogP contribution in [-0.2, 0) is 6.54 Å². The molecule has 1 aromatic heterocycles. The van der Waals surface area contributed by atoms with E-state index >= 15 is 0 Å². The van der Waals surface area contributed by atoms with E-state index in [0.717, 1.165) is 25.5 Å². The lowest BCUT2D eigenvalue weighted by molar-refractivity contribution is 0.0327. The first kappa shape index (κ1) is 13.0. The highest BCUT2D eigenvalue weighted by Crippen LogP contribution is 2.37. The van der Waals surface area contributed by atoms with E-state index < -0.39 is 0 Å². The number of hydrogen-bond donors (Lipinski definition) is 1. The molecule has 1 N–H and O–H groups in total. The number of nitrogens with one attached hydrogen (secondary N) is 1. The molecule has 1 aliphatic carbocycles. The Morgan fingerprint density at radius 1 is 1.32 bits per heavy atom. The predicted octanol–water partition coefficient (Wildman–Crippen LogP) is 1.97. The third kappa shape index (κ3) is 2.65. The maximum absolute atomic E-state index is 4.41. The maximum atomic E-state index is 4.41. The monoisotopic (exact) mass is 260 g/mol. The first-order valence-electron chi connectivity index (χ1n) is 7.57. The van der Waals surface area contributed by atoms with Crippen molar-refractivity contribution in [2.24, 2.45) is 0 Å². The Hall–Kier alpha value is -1.00. The number of piperazine rings is 1. The summed E-state index contributed by atoms with van der Waals surface area (Å²) in [7, 11) is 0. The van der Waals surface area contributed by atoms with Crippen LogP contribution in [0.4, 0.5) is 0 Å². The maximum Gasteiger partial charge on any atom is 0.142 e. The number of nitrogens with zero attached hydrogens (tertiary/aromatic N) is 3. The number of aromatic nitrogens is 2. The van der Waals surface area contributed by atoms with E-state index in [4.69, 9.17) is 0 Å². The normalized spacial score (nSPS) is 26.9. The molecule has 3 rings (SSSR count). The first-order chi connectivity index (χ1) is 9.32. The first-order valence-corrected chi connectivity index (χ1v) is 7.57. The minimum atomic E-state index is 0.366. The van der Waals surface area contributed by atoms with Gasteiger partial charge in [0.1, 0.15) is 5.82 Å². The molecule has 19 heavy (non-hydrogen) atoms. The summed E-state index contributed by atoms with van der Waals surface area (Å²) in [6, 6.07) is 2.51. The van der Waals surface area contributed by atoms with Crippen LogP contribution in [0.5, 0.6) is 0 Å². The van der Waals surface area contributed by atoms with Gasteiger partial charge >= 0.3 is 0 Å². The highest BCUT2D eigenvalue weighted by molar-refractivity contribution is 5.03. The number of rotatable bonds is 3. The third-order valence-electron chi connectivity index (χ3n) is 4.81. The predicted molar refractivity (Wildman–Crippen MR) is 75.7 cm³/mol. The zero-order valence-electron chi connectivity index (χ0n) is 11.8. The van der Waals surface area contributed by atoms with Crippen molar-refractivity contribution in [3.05, 3.63) is 24.3 Å². The second-order valence-electron chi connectivity index (χ2n) is 5.96. The van der Waals surface area contributed by atoms with Crippen molar-refractivity contribution < 1.29 is 0 Å². The van der Waals surface area contributed by atoms with Crippen LogP contribution in [0.25, 0.3) is 0 Å². The van der Waals surface area contributed by atoms with Gasteiger partial charge in [-0.2, -0.15) is 0 Å². The molecule has 1 spiro atoms. The van der Waals surface area contributed by atoms with Gasteiger partial charge in [-0.25, -0.2) is 9.97 Å². The van der Waals surface area contributed by atoms with Crippen molar-refractivity contribution in [2.75, 3.05) is 13.1 Å². The summed E-state index contributed by atoms with van der Waals surface area (Å²) < 4.78 is 0. The molecule has 0 bridgehead atoms. The van der Waals surface area contributed by atoms with Crippen LogP contribution in [-0.4, -0.2) is 39.5 Å². The van der Waals surface area contributed by atoms with Gasteiger partial charge in [-0.15, -0.1) is 0 Å². The average Bonchev–Trinajstić information content (AvgIpc) is 2.92. The molecule has 1 unspecified atom stereocenters. The molecular formula is C15H24N4. The zero-order chi connectivity index (χ0) is 13.1. The van der Waals surface area contributed by atoms with Crippen LogP contribution in [0.3, 0.4) is 0 Å². The molecular weight excluding hydrogens is 236 g/mol. The van der Waals surface area contributed by atoms with Crippen molar-refractivity contribution >= 4 is 0 Å². The van der Waals surface area contributed by atoms with Crippen molar-refractivity contribution in [3.63, 3.8) is 0 Å². The molecule has 1 saturated carbocycles. The Morgan fingerprint density at radius 3 is 2.74 bits per heavy atom. The van der Waals surface area contributed by atoms with Gasteiger partial charge in [-0.3, -0.25) is 4.90 Å². The topological polar surface area (TPSA) is 41.1 Å². The van der Waals surface area contributed by atoms with Gasteiger partial charge in [0, 0.05) is 37.1 Å². The summed E-state index contributed by atoms with van der Waals surface area (Å²) >= 11 is 0. The van der Waals surface area contributed by atoms with Crippen LogP contribution in [0, 0.1) is 0 Å². The SMILES string of the molecule is CCC1CN(Cc2ncccn2)C2(CCCC2)CN1. The summed E-state index contributed by atoms with van der Waals surface area (Å²) in [6.07, 6.45) is 10.3. The molecule has 0 radical (unpaired) electrons. The fourth-order valence-corrected chi connectivity index (χ4v) is 3.58. The summed E-state index contributed by atoms with van der Waals surface area (Å²) in [5.41, 5.74) is 0.366. The van der Waals surface area contributed by atoms with Crippen molar-refractivity contribution in [3.8, 4) is 0 Å². The summed E-state index contributed by atoms with van der Waals surface area (Å²) in [6.45, 7) is 5.44. The molecule has 104 valence electrons. The van der Waals surface area contributed by atoms with Gasteiger partial charge in [-0.1, -0.05) is 19.8 Å². The van der Waals surface area contributed by atoms with Gasteiger partial charge < -0.3 is 5.32 Å². The largest absolute Gasteiger partial charge is 0.311 e. The second kappa shape index (κ2) is 5.55. The zero-order valence-corrected chi connectivity index (χ0v) is 11.8. The van der Waals surface area contributed by atoms with E-state index in [9.17, 15) is 0 Å². The quantitative estimate of drug-likeness (QED) is 0.902. The van der Waals surface area contributed by atoms with Gasteiger partial charge in [0.05, 0.1) is 6.54 Å². The van der Waals surface area contributed by atoms with Crippen molar-refractivity contribution in [1.82, 2.24) is 20.2 Å². The minimum Gasteiger partial charge on any atom is -0.311 e. The van der Waals surface area contributed by atoms with Crippen LogP contribution in [0.2, 0.25) is 0 Å². The minimum absolute atomic E-state index is 0.366. The summed E-state index contributed by atoms with van der Waals surface area (Å²) in [5, 5.41) is 3.73. The fraction of sp³-hybridized carbons (Fsp3) is 0.733. The molecule has 2 heterocycles. The van der Waals surface area contributed by atoms with Crippen molar-refractivity contribution in [2.45, 2.75) is 57.2 Å². The van der Waals surface area contributed by atoms with Gasteiger partial charge in [0.15, 0.2) is 0 Å². The summed E-state index contributed by atoms with van der Waals surface area (Å²) in [5.74, 6) is 0.963. The molecule has 1 atom stereocenters. The molecule has 1 aliphatic heterocycles. The smallest absolute Gasteiger partial charge is 0.142 e. The lowest BCUT2D eigenvalue weighted by Gasteiger charge is -2.48. The van der Waals surface area contributed by atoms with E-state index in [1.165, 1.54) is 32.1 Å². The van der Waals surface area contributed by atoms with Crippen LogP contribution in [0.1, 0.15) is 44.9 Å². The Bertz CT molecular complexity index is 400. The summed E-state index contributed by atoms with van der Waals surface area (Å²) in [4.78, 5) is 11.5. The van der Waals surface area contributed by atoms with Crippen LogP contribution >= 0.6 is 0 Å². The van der Waals surface area contributed by atoms with Gasteiger partial charge in [-0.05, 0) is 25.3 Å². The standard InChI is InChI=1S/C15H24N4/c1-2-13-10-19(11-14-16-8-5-9-17-14)15(12-18-13)6-3-4-7-15/h5,8-9,13,18H,2-4,6-7,10-12H2,1H3. The molecule has 2 aliphatic rings. The van der Waals surface area contributed by atoms with E-state index in [0.29, 0.717) is 11.6 Å². The van der Waals surface area contributed by atoms with Gasteiger partial charge in [0.25, 0.3) is 0 Å². The molecule has 0 amide bonds. The Labute approximate surface area is 115 Å². The molecule has 1 saturated heterocycles. The van der Waals surface area contributed by atoms with Crippen molar-refractivity contribution in [1.29, 1.82) is 0 Å². The van der Waals surface area contributed by atoms with E-state index in [-0.39, 0.29) is 0 Å². The molecule has 2 fully saturated rings. The van der Waals surface area contributed by atoms with E-state index in [2.05, 4.69) is 27.1 Å². The Balaban J connectivity index is 1.77. The Kier molecular flexibility index (Phi) is 3.80. The fourth-order valence-electron chi connectivity index (χ4n) is 3.58. The second-order valence-corrected chi connectivity index (χ2v) is 5.96. The average molecular weight is 260 g/mol. The van der Waals surface area contributed by atoms with Gasteiger partial charge in [0.2, 0.25) is 0 Å². The van der Waals surface area contributed by atoms with Crippen LogP contribution in [0.15, 0.2) is 18.5 Å². The highest BCUT2D eigenvalue weighted by atomic mass is 15.3. The lowest BCUT2D eigenvalue weighted by Crippen LogP contribution is -2.63. The Morgan fingerprint density at radius 2 is 2.05 bits per heavy atom. The van der Waals surface area contributed by atoms with Crippen LogP contribution < -0.4 is 5.32 Å². The molecule has 1 aromatic rings. The molecule has 0 aromatic carbocycles. The number of hydrogen-bond acceptors (Lipinski definition) is 4. The highest BCUT2D eigenvalue weighted by Gasteiger charge is 2.43. The van der Waals surface area contributed by atoms with E-state index in [1.54, 1.807) is 0 Å². The molecule has 4 heteroatoms. The molecule has 4 nitrogen and oxygen atoms in total.